The van der Waals surface area contributed by atoms with Gasteiger partial charge in [0.05, 0.1) is 6.42 Å². The number of ether oxygens (including phenoxy) is 2. The summed E-state index contributed by atoms with van der Waals surface area (Å²) in [5.41, 5.74) is -0.854. The summed E-state index contributed by atoms with van der Waals surface area (Å²) in [5.74, 6) is -11.2. The van der Waals surface area contributed by atoms with Crippen molar-refractivity contribution in [3.8, 4) is 5.75 Å². The number of benzene rings is 1. The number of Topliss-reactive ketones (excluding diaryl/α,β-unsaturated/α-hetero) is 1. The topological polar surface area (TPSA) is 81.7 Å². The Hall–Kier alpha value is -2.65. The predicted octanol–water partition coefficient (Wildman–Crippen LogP) is 3.45. The van der Waals surface area contributed by atoms with E-state index in [9.17, 15) is 31.9 Å². The predicted molar refractivity (Wildman–Crippen MR) is 98.6 cm³/mol. The van der Waals surface area contributed by atoms with Crippen LogP contribution >= 0.6 is 0 Å². The monoisotopic (exact) mass is 435 g/mol. The zero-order valence-electron chi connectivity index (χ0n) is 17.4. The van der Waals surface area contributed by atoms with E-state index in [1.807, 2.05) is 0 Å². The van der Waals surface area contributed by atoms with Crippen LogP contribution in [0.4, 0.5) is 17.6 Å². The first-order valence-electron chi connectivity index (χ1n) is 9.27. The van der Waals surface area contributed by atoms with Crippen molar-refractivity contribution in [1.29, 1.82) is 0 Å². The number of carbonyl (C=O) groups excluding carboxylic acids is 3. The molecule has 0 saturated carbocycles. The van der Waals surface area contributed by atoms with Crippen molar-refractivity contribution in [2.45, 2.75) is 59.1 Å². The molecule has 1 N–H and O–H groups in total. The van der Waals surface area contributed by atoms with Crippen LogP contribution in [0.2, 0.25) is 0 Å². The summed E-state index contributed by atoms with van der Waals surface area (Å²) >= 11 is 0. The average Bonchev–Trinajstić information content (AvgIpc) is 2.63. The molecule has 0 bridgehead atoms. The molecule has 0 aromatic heterocycles. The summed E-state index contributed by atoms with van der Waals surface area (Å²) < 4.78 is 63.7. The van der Waals surface area contributed by atoms with Gasteiger partial charge in [-0.05, 0) is 27.2 Å². The van der Waals surface area contributed by atoms with Gasteiger partial charge in [-0.1, -0.05) is 13.8 Å². The molecule has 168 valence electrons. The van der Waals surface area contributed by atoms with E-state index in [0.29, 0.717) is 6.42 Å². The normalized spacial score (nSPS) is 13.4. The summed E-state index contributed by atoms with van der Waals surface area (Å²) in [6.07, 6.45) is -0.112. The Labute approximate surface area is 171 Å². The Kier molecular flexibility index (Phi) is 8.80. The van der Waals surface area contributed by atoms with Crippen molar-refractivity contribution in [1.82, 2.24) is 5.32 Å². The minimum atomic E-state index is -1.81. The van der Waals surface area contributed by atoms with Gasteiger partial charge in [-0.2, -0.15) is 8.78 Å². The van der Waals surface area contributed by atoms with E-state index >= 15 is 0 Å². The first-order chi connectivity index (χ1) is 13.8. The third kappa shape index (κ3) is 7.31. The van der Waals surface area contributed by atoms with Crippen LogP contribution < -0.4 is 10.1 Å². The fourth-order valence-corrected chi connectivity index (χ4v) is 2.22. The van der Waals surface area contributed by atoms with Crippen LogP contribution in [0.25, 0.3) is 0 Å². The summed E-state index contributed by atoms with van der Waals surface area (Å²) in [6.45, 7) is 7.10. The highest BCUT2D eigenvalue weighted by atomic mass is 19.2. The molecule has 10 heteroatoms. The zero-order valence-corrected chi connectivity index (χ0v) is 17.4. The lowest BCUT2D eigenvalue weighted by molar-refractivity contribution is -0.156. The third-order valence-corrected chi connectivity index (χ3v) is 3.99. The summed E-state index contributed by atoms with van der Waals surface area (Å²) in [6, 6.07) is -1.43. The molecule has 1 rings (SSSR count). The molecule has 1 unspecified atom stereocenters. The maximum atomic E-state index is 13.7. The maximum Gasteiger partial charge on any atom is 0.308 e. The molecule has 0 heterocycles. The molecule has 1 amide bonds. The van der Waals surface area contributed by atoms with E-state index in [2.05, 4.69) is 10.1 Å². The van der Waals surface area contributed by atoms with Gasteiger partial charge in [-0.15, -0.1) is 0 Å². The zero-order chi connectivity index (χ0) is 23.2. The number of esters is 1. The quantitative estimate of drug-likeness (QED) is 0.365. The second-order valence-electron chi connectivity index (χ2n) is 7.71. The number of hydrogen-bond acceptors (Lipinski definition) is 5. The molecule has 1 aromatic rings. The van der Waals surface area contributed by atoms with E-state index in [0.717, 1.165) is 0 Å². The van der Waals surface area contributed by atoms with Crippen LogP contribution in [0, 0.1) is 29.2 Å². The SMILES string of the molecule is CC[C@@H](C)C(=O)NC(CC(=O)OC(C)(C)C)C(=O)COc1c(F)c(F)cc(F)c1F. The van der Waals surface area contributed by atoms with Gasteiger partial charge in [0, 0.05) is 12.0 Å². The Morgan fingerprint density at radius 1 is 1.07 bits per heavy atom. The second-order valence-corrected chi connectivity index (χ2v) is 7.71. The van der Waals surface area contributed by atoms with Gasteiger partial charge in [0.1, 0.15) is 18.2 Å². The van der Waals surface area contributed by atoms with E-state index in [1.54, 1.807) is 34.6 Å². The van der Waals surface area contributed by atoms with E-state index < -0.39 is 77.3 Å². The summed E-state index contributed by atoms with van der Waals surface area (Å²) in [7, 11) is 0. The maximum absolute atomic E-state index is 13.7. The van der Waals surface area contributed by atoms with E-state index in [-0.39, 0.29) is 6.07 Å². The lowest BCUT2D eigenvalue weighted by atomic mass is 10.0. The molecular weight excluding hydrogens is 410 g/mol. The number of hydrogen-bond donors (Lipinski definition) is 1. The molecule has 0 aliphatic heterocycles. The molecule has 0 aliphatic carbocycles. The van der Waals surface area contributed by atoms with Crippen molar-refractivity contribution in [2.75, 3.05) is 6.61 Å². The standard InChI is InChI=1S/C20H25F4NO5/c1-6-10(2)19(28)25-13(8-15(27)30-20(3,4)5)14(26)9-29-18-16(23)11(21)7-12(22)17(18)24/h7,10,13H,6,8-9H2,1-5H3,(H,25,28)/t10-,13?/m1/s1. The number of rotatable bonds is 9. The van der Waals surface area contributed by atoms with Gasteiger partial charge in [-0.25, -0.2) is 8.78 Å². The van der Waals surface area contributed by atoms with Gasteiger partial charge in [0.25, 0.3) is 0 Å². The fourth-order valence-electron chi connectivity index (χ4n) is 2.22. The Balaban J connectivity index is 2.99. The van der Waals surface area contributed by atoms with Gasteiger partial charge in [0.15, 0.2) is 23.2 Å². The van der Waals surface area contributed by atoms with Gasteiger partial charge < -0.3 is 14.8 Å². The molecule has 0 aliphatic rings. The molecule has 0 saturated heterocycles. The molecule has 30 heavy (non-hydrogen) atoms. The molecule has 0 spiro atoms. The molecule has 0 radical (unpaired) electrons. The van der Waals surface area contributed by atoms with Crippen molar-refractivity contribution >= 4 is 17.7 Å². The van der Waals surface area contributed by atoms with Gasteiger partial charge in [-0.3, -0.25) is 14.4 Å². The Morgan fingerprint density at radius 3 is 2.07 bits per heavy atom. The van der Waals surface area contributed by atoms with Crippen LogP contribution in [0.5, 0.6) is 5.75 Å². The smallest absolute Gasteiger partial charge is 0.308 e. The number of nitrogens with one attached hydrogen (secondary N) is 1. The minimum absolute atomic E-state index is 0.00296. The first-order valence-corrected chi connectivity index (χ1v) is 9.27. The van der Waals surface area contributed by atoms with Crippen molar-refractivity contribution in [3.63, 3.8) is 0 Å². The molecular formula is C20H25F4NO5. The van der Waals surface area contributed by atoms with Crippen LogP contribution in [0.15, 0.2) is 6.07 Å². The van der Waals surface area contributed by atoms with Crippen LogP contribution in [0.1, 0.15) is 47.5 Å². The Morgan fingerprint density at radius 2 is 1.60 bits per heavy atom. The fraction of sp³-hybridized carbons (Fsp3) is 0.550. The van der Waals surface area contributed by atoms with Crippen LogP contribution in [0.3, 0.4) is 0 Å². The second kappa shape index (κ2) is 10.4. The molecule has 1 aromatic carbocycles. The van der Waals surface area contributed by atoms with Gasteiger partial charge >= 0.3 is 5.97 Å². The van der Waals surface area contributed by atoms with Crippen LogP contribution in [-0.2, 0) is 19.1 Å². The highest BCUT2D eigenvalue weighted by molar-refractivity contribution is 5.93. The molecule has 2 atom stereocenters. The van der Waals surface area contributed by atoms with E-state index in [1.165, 1.54) is 0 Å². The average molecular weight is 435 g/mol. The minimum Gasteiger partial charge on any atom is -0.479 e. The lowest BCUT2D eigenvalue weighted by Crippen LogP contribution is -2.46. The Bertz CT molecular complexity index is 781. The van der Waals surface area contributed by atoms with Gasteiger partial charge in [0.2, 0.25) is 17.5 Å². The van der Waals surface area contributed by atoms with Crippen molar-refractivity contribution in [3.05, 3.63) is 29.3 Å². The largest absolute Gasteiger partial charge is 0.479 e. The highest BCUT2D eigenvalue weighted by Gasteiger charge is 2.29. The number of amides is 1. The third-order valence-electron chi connectivity index (χ3n) is 3.99. The summed E-state index contributed by atoms with van der Waals surface area (Å²) in [4.78, 5) is 36.7. The highest BCUT2D eigenvalue weighted by Crippen LogP contribution is 2.26. The van der Waals surface area contributed by atoms with Crippen molar-refractivity contribution < 1.29 is 41.4 Å². The number of carbonyl (C=O) groups is 3. The lowest BCUT2D eigenvalue weighted by Gasteiger charge is -2.23. The van der Waals surface area contributed by atoms with Crippen molar-refractivity contribution in [2.24, 2.45) is 5.92 Å². The molecule has 6 nitrogen and oxygen atoms in total. The van der Waals surface area contributed by atoms with Crippen LogP contribution in [-0.4, -0.2) is 35.9 Å². The summed E-state index contributed by atoms with van der Waals surface area (Å²) in [5, 5.41) is 2.37. The molecule has 0 fully saturated rings. The first kappa shape index (κ1) is 25.4. The van der Waals surface area contributed by atoms with E-state index in [4.69, 9.17) is 4.74 Å². The number of ketones is 1. The number of halogens is 4.